The minimum absolute atomic E-state index is 0.0805. The summed E-state index contributed by atoms with van der Waals surface area (Å²) < 4.78 is 5.34. The Balaban J connectivity index is 4.10. The van der Waals surface area contributed by atoms with Crippen LogP contribution in [0, 0.1) is 5.92 Å². The topological polar surface area (TPSA) is 38.5 Å². The van der Waals surface area contributed by atoms with E-state index in [4.69, 9.17) is 10.5 Å². The molecule has 0 aromatic rings. The van der Waals surface area contributed by atoms with E-state index in [1.807, 2.05) is 6.92 Å². The van der Waals surface area contributed by atoms with E-state index in [-0.39, 0.29) is 5.54 Å². The predicted molar refractivity (Wildman–Crippen MR) is 61.4 cm³/mol. The Kier molecular flexibility index (Phi) is 6.33. The summed E-state index contributed by atoms with van der Waals surface area (Å²) in [6, 6.07) is 0. The smallest absolute Gasteiger partial charge is 0.0593 e. The molecule has 0 aliphatic heterocycles. The molecular formula is C11H26N2O. The van der Waals surface area contributed by atoms with Crippen LogP contribution in [0.4, 0.5) is 0 Å². The molecule has 0 aromatic carbocycles. The van der Waals surface area contributed by atoms with Crippen molar-refractivity contribution in [2.45, 2.75) is 33.2 Å². The summed E-state index contributed by atoms with van der Waals surface area (Å²) in [4.78, 5) is 2.30. The van der Waals surface area contributed by atoms with Crippen molar-refractivity contribution in [3.8, 4) is 0 Å². The molecule has 3 nitrogen and oxygen atoms in total. The van der Waals surface area contributed by atoms with E-state index in [0.29, 0.717) is 12.5 Å². The van der Waals surface area contributed by atoms with E-state index in [1.165, 1.54) is 0 Å². The Labute approximate surface area is 88.6 Å². The number of nitrogens with zero attached hydrogens (tertiary/aromatic N) is 1. The summed E-state index contributed by atoms with van der Waals surface area (Å²) in [7, 11) is 2.12. The summed E-state index contributed by atoms with van der Waals surface area (Å²) in [5, 5.41) is 0. The van der Waals surface area contributed by atoms with Crippen LogP contribution in [0.5, 0.6) is 0 Å². The first kappa shape index (κ1) is 13.9. The summed E-state index contributed by atoms with van der Waals surface area (Å²) >= 11 is 0. The second-order valence-electron chi connectivity index (χ2n) is 4.33. The van der Waals surface area contributed by atoms with Crippen molar-refractivity contribution in [2.75, 3.05) is 33.4 Å². The third-order valence-corrected chi connectivity index (χ3v) is 3.30. The minimum atomic E-state index is 0.0805. The fourth-order valence-electron chi connectivity index (χ4n) is 1.43. The van der Waals surface area contributed by atoms with Crippen molar-refractivity contribution in [1.29, 1.82) is 0 Å². The van der Waals surface area contributed by atoms with E-state index in [9.17, 15) is 0 Å². The molecule has 0 radical (unpaired) electrons. The van der Waals surface area contributed by atoms with Crippen molar-refractivity contribution in [3.05, 3.63) is 0 Å². The van der Waals surface area contributed by atoms with Crippen molar-refractivity contribution in [1.82, 2.24) is 4.90 Å². The first-order chi connectivity index (χ1) is 6.49. The van der Waals surface area contributed by atoms with Gasteiger partial charge >= 0.3 is 0 Å². The number of hydrogen-bond acceptors (Lipinski definition) is 3. The maximum atomic E-state index is 5.83. The second kappa shape index (κ2) is 6.38. The number of rotatable bonds is 7. The van der Waals surface area contributed by atoms with Crippen LogP contribution in [0.25, 0.3) is 0 Å². The van der Waals surface area contributed by atoms with Crippen molar-refractivity contribution < 1.29 is 4.74 Å². The third-order valence-electron chi connectivity index (χ3n) is 3.30. The van der Waals surface area contributed by atoms with Crippen LogP contribution in [0.3, 0.4) is 0 Å². The summed E-state index contributed by atoms with van der Waals surface area (Å²) in [6.07, 6.45) is 0. The monoisotopic (exact) mass is 202 g/mol. The zero-order valence-corrected chi connectivity index (χ0v) is 10.3. The lowest BCUT2D eigenvalue weighted by molar-refractivity contribution is 0.0520. The molecule has 0 aliphatic rings. The molecule has 0 saturated heterocycles. The van der Waals surface area contributed by atoms with Crippen LogP contribution in [0.2, 0.25) is 0 Å². The van der Waals surface area contributed by atoms with Gasteiger partial charge in [-0.1, -0.05) is 13.8 Å². The largest absolute Gasteiger partial charge is 0.380 e. The molecule has 0 spiro atoms. The maximum absolute atomic E-state index is 5.83. The van der Waals surface area contributed by atoms with Crippen molar-refractivity contribution in [2.24, 2.45) is 11.7 Å². The summed E-state index contributed by atoms with van der Waals surface area (Å²) in [5.74, 6) is 0.555. The Morgan fingerprint density at radius 1 is 1.43 bits per heavy atom. The molecule has 0 rings (SSSR count). The van der Waals surface area contributed by atoms with Crippen LogP contribution < -0.4 is 5.73 Å². The van der Waals surface area contributed by atoms with Gasteiger partial charge in [0.05, 0.1) is 6.61 Å². The third kappa shape index (κ3) is 3.56. The molecule has 0 bridgehead atoms. The zero-order valence-electron chi connectivity index (χ0n) is 10.3. The van der Waals surface area contributed by atoms with Crippen LogP contribution in [0.15, 0.2) is 0 Å². The quantitative estimate of drug-likeness (QED) is 0.633. The van der Waals surface area contributed by atoms with E-state index in [0.717, 1.165) is 19.8 Å². The van der Waals surface area contributed by atoms with Crippen LogP contribution >= 0.6 is 0 Å². The molecular weight excluding hydrogens is 176 g/mol. The zero-order chi connectivity index (χ0) is 11.2. The van der Waals surface area contributed by atoms with Gasteiger partial charge in [0.1, 0.15) is 0 Å². The number of hydrogen-bond donors (Lipinski definition) is 1. The molecule has 0 saturated carbocycles. The summed E-state index contributed by atoms with van der Waals surface area (Å²) in [6.45, 7) is 11.9. The number of likely N-dealkylation sites (N-methyl/N-ethyl adjacent to an activating group) is 1. The van der Waals surface area contributed by atoms with Gasteiger partial charge in [-0.2, -0.15) is 0 Å². The minimum Gasteiger partial charge on any atom is -0.380 e. The van der Waals surface area contributed by atoms with Gasteiger partial charge in [-0.3, -0.25) is 4.90 Å². The first-order valence-electron chi connectivity index (χ1n) is 5.48. The van der Waals surface area contributed by atoms with Gasteiger partial charge in [-0.25, -0.2) is 0 Å². The van der Waals surface area contributed by atoms with Crippen LogP contribution in [-0.4, -0.2) is 43.8 Å². The van der Waals surface area contributed by atoms with Crippen molar-refractivity contribution >= 4 is 0 Å². The van der Waals surface area contributed by atoms with Gasteiger partial charge in [0.2, 0.25) is 0 Å². The molecule has 2 N–H and O–H groups in total. The molecule has 0 amide bonds. The van der Waals surface area contributed by atoms with E-state index < -0.39 is 0 Å². The lowest BCUT2D eigenvalue weighted by Crippen LogP contribution is -2.54. The lowest BCUT2D eigenvalue weighted by atomic mass is 9.87. The molecule has 0 aliphatic carbocycles. The fraction of sp³-hybridized carbons (Fsp3) is 1.00. The number of ether oxygens (including phenoxy) is 1. The van der Waals surface area contributed by atoms with Crippen LogP contribution in [-0.2, 0) is 4.74 Å². The SMILES string of the molecule is CCOCCN(C)C(C)(CN)C(C)C. The maximum Gasteiger partial charge on any atom is 0.0593 e. The van der Waals surface area contributed by atoms with Crippen molar-refractivity contribution in [3.63, 3.8) is 0 Å². The number of nitrogens with two attached hydrogens (primary N) is 1. The van der Waals surface area contributed by atoms with Gasteiger partial charge in [0, 0.05) is 25.2 Å². The van der Waals surface area contributed by atoms with Gasteiger partial charge in [-0.05, 0) is 26.8 Å². The molecule has 0 fully saturated rings. The normalized spacial score (nSPS) is 16.3. The Hall–Kier alpha value is -0.120. The van der Waals surface area contributed by atoms with E-state index in [1.54, 1.807) is 0 Å². The van der Waals surface area contributed by atoms with E-state index in [2.05, 4.69) is 32.7 Å². The predicted octanol–water partition coefficient (Wildman–Crippen LogP) is 1.33. The molecule has 86 valence electrons. The van der Waals surface area contributed by atoms with Crippen LogP contribution in [0.1, 0.15) is 27.7 Å². The molecule has 14 heavy (non-hydrogen) atoms. The average molecular weight is 202 g/mol. The van der Waals surface area contributed by atoms with Gasteiger partial charge in [-0.15, -0.1) is 0 Å². The first-order valence-corrected chi connectivity index (χ1v) is 5.48. The Morgan fingerprint density at radius 2 is 2.00 bits per heavy atom. The molecule has 1 atom stereocenters. The fourth-order valence-corrected chi connectivity index (χ4v) is 1.43. The van der Waals surface area contributed by atoms with Gasteiger partial charge in [0.25, 0.3) is 0 Å². The Morgan fingerprint density at radius 3 is 2.36 bits per heavy atom. The highest BCUT2D eigenvalue weighted by Crippen LogP contribution is 2.21. The van der Waals surface area contributed by atoms with E-state index >= 15 is 0 Å². The van der Waals surface area contributed by atoms with Gasteiger partial charge in [0.15, 0.2) is 0 Å². The van der Waals surface area contributed by atoms with Gasteiger partial charge < -0.3 is 10.5 Å². The highest BCUT2D eigenvalue weighted by atomic mass is 16.5. The standard InChI is InChI=1S/C11H26N2O/c1-6-14-8-7-13(5)11(4,9-12)10(2)3/h10H,6-9,12H2,1-5H3. The molecule has 1 unspecified atom stereocenters. The molecule has 3 heteroatoms. The average Bonchev–Trinajstić information content (AvgIpc) is 2.16. The highest BCUT2D eigenvalue weighted by Gasteiger charge is 2.30. The summed E-state index contributed by atoms with van der Waals surface area (Å²) in [5.41, 5.74) is 5.91. The lowest BCUT2D eigenvalue weighted by Gasteiger charge is -2.41. The second-order valence-corrected chi connectivity index (χ2v) is 4.33. The highest BCUT2D eigenvalue weighted by molar-refractivity contribution is 4.88. The molecule has 0 aromatic heterocycles. The molecule has 0 heterocycles. The Bertz CT molecular complexity index is 150.